The Balaban J connectivity index is 2.36. The fourth-order valence-corrected chi connectivity index (χ4v) is 3.28. The molecule has 0 aliphatic heterocycles. The van der Waals surface area contributed by atoms with Gasteiger partial charge in [0.05, 0.1) is 22.7 Å². The van der Waals surface area contributed by atoms with Gasteiger partial charge in [-0.3, -0.25) is 0 Å². The number of halogens is 1. The summed E-state index contributed by atoms with van der Waals surface area (Å²) < 4.78 is 39.9. The van der Waals surface area contributed by atoms with Crippen LogP contribution >= 0.6 is 0 Å². The van der Waals surface area contributed by atoms with Crippen molar-refractivity contribution in [3.8, 4) is 0 Å². The third kappa shape index (κ3) is 2.33. The highest BCUT2D eigenvalue weighted by atomic mass is 32.2. The fraction of sp³-hybridized carbons (Fsp3) is 0.455. The lowest BCUT2D eigenvalue weighted by Crippen LogP contribution is -2.39. The lowest BCUT2D eigenvalue weighted by molar-refractivity contribution is 0.246. The third-order valence-electron chi connectivity index (χ3n) is 3.07. The minimum absolute atomic E-state index is 0.0846. The number of hydrogen-bond donors (Lipinski definition) is 3. The van der Waals surface area contributed by atoms with Crippen molar-refractivity contribution >= 4 is 15.7 Å². The zero-order valence-electron chi connectivity index (χ0n) is 9.90. The summed E-state index contributed by atoms with van der Waals surface area (Å²) in [5.74, 6) is -0.614. The average Bonchev–Trinajstić information content (AvgIpc) is 3.05. The average molecular weight is 274 g/mol. The molecule has 0 atom stereocenters. The highest BCUT2D eigenvalue weighted by Gasteiger charge is 2.45. The molecule has 0 aromatic heterocycles. The second kappa shape index (κ2) is 4.18. The quantitative estimate of drug-likeness (QED) is 0.698. The second-order valence-electron chi connectivity index (χ2n) is 4.69. The van der Waals surface area contributed by atoms with Crippen LogP contribution in [0.3, 0.4) is 0 Å². The smallest absolute Gasteiger partial charge is 0.241 e. The van der Waals surface area contributed by atoms with E-state index < -0.39 is 21.4 Å². The van der Waals surface area contributed by atoms with Gasteiger partial charge in [0.1, 0.15) is 5.82 Å². The van der Waals surface area contributed by atoms with E-state index in [0.717, 1.165) is 6.07 Å². The van der Waals surface area contributed by atoms with E-state index >= 15 is 0 Å². The van der Waals surface area contributed by atoms with Crippen LogP contribution in [0, 0.1) is 12.7 Å². The van der Waals surface area contributed by atoms with Crippen LogP contribution in [-0.4, -0.2) is 25.7 Å². The molecule has 5 nitrogen and oxygen atoms in total. The first-order chi connectivity index (χ1) is 8.30. The van der Waals surface area contributed by atoms with Gasteiger partial charge in [-0.1, -0.05) is 0 Å². The van der Waals surface area contributed by atoms with Crippen LogP contribution in [0.15, 0.2) is 17.0 Å². The highest BCUT2D eigenvalue weighted by molar-refractivity contribution is 7.89. The lowest BCUT2D eigenvalue weighted by Gasteiger charge is -2.15. The fourth-order valence-electron chi connectivity index (χ4n) is 1.71. The Morgan fingerprint density at radius 1 is 1.50 bits per heavy atom. The van der Waals surface area contributed by atoms with Crippen LogP contribution in [-0.2, 0) is 10.0 Å². The predicted octanol–water partition coefficient (Wildman–Crippen LogP) is 0.520. The van der Waals surface area contributed by atoms with Crippen molar-refractivity contribution in [2.24, 2.45) is 0 Å². The van der Waals surface area contributed by atoms with Crippen molar-refractivity contribution in [2.75, 3.05) is 12.3 Å². The second-order valence-corrected chi connectivity index (χ2v) is 6.37. The summed E-state index contributed by atoms with van der Waals surface area (Å²) in [7, 11) is -3.79. The molecule has 0 spiro atoms. The Morgan fingerprint density at radius 3 is 2.56 bits per heavy atom. The van der Waals surface area contributed by atoms with E-state index in [2.05, 4.69) is 4.72 Å². The standard InChI is InChI=1S/C11H15FN2O3S/c1-7-4-8(5-9(13)10(7)12)18(16,17)14-11(6-15)2-3-11/h4-5,14-15H,2-3,6,13H2,1H3. The topological polar surface area (TPSA) is 92.4 Å². The van der Waals surface area contributed by atoms with Gasteiger partial charge in [0.25, 0.3) is 0 Å². The van der Waals surface area contributed by atoms with Crippen molar-refractivity contribution in [3.63, 3.8) is 0 Å². The van der Waals surface area contributed by atoms with E-state index in [0.29, 0.717) is 12.8 Å². The maximum absolute atomic E-state index is 13.3. The van der Waals surface area contributed by atoms with E-state index in [4.69, 9.17) is 10.8 Å². The summed E-state index contributed by atoms with van der Waals surface area (Å²) in [5, 5.41) is 9.11. The normalized spacial score (nSPS) is 17.7. The highest BCUT2D eigenvalue weighted by Crippen LogP contribution is 2.36. The number of nitrogen functional groups attached to an aromatic ring is 1. The molecule has 2 rings (SSSR count). The van der Waals surface area contributed by atoms with Crippen molar-refractivity contribution in [3.05, 3.63) is 23.5 Å². The van der Waals surface area contributed by atoms with Crippen molar-refractivity contribution < 1.29 is 17.9 Å². The molecule has 0 heterocycles. The Kier molecular flexibility index (Phi) is 3.08. The minimum Gasteiger partial charge on any atom is -0.396 e. The van der Waals surface area contributed by atoms with Crippen LogP contribution in [0.25, 0.3) is 0 Å². The van der Waals surface area contributed by atoms with E-state index in [-0.39, 0.29) is 22.8 Å². The Hall–Kier alpha value is -1.18. The van der Waals surface area contributed by atoms with E-state index in [9.17, 15) is 12.8 Å². The maximum Gasteiger partial charge on any atom is 0.241 e. The number of rotatable bonds is 4. The number of anilines is 1. The monoisotopic (exact) mass is 274 g/mol. The van der Waals surface area contributed by atoms with E-state index in [1.165, 1.54) is 13.0 Å². The van der Waals surface area contributed by atoms with Crippen molar-refractivity contribution in [2.45, 2.75) is 30.2 Å². The first kappa shape index (κ1) is 13.3. The van der Waals surface area contributed by atoms with E-state index in [1.54, 1.807) is 0 Å². The molecule has 0 amide bonds. The molecule has 0 saturated heterocycles. The summed E-state index contributed by atoms with van der Waals surface area (Å²) in [6, 6.07) is 2.31. The third-order valence-corrected chi connectivity index (χ3v) is 4.63. The van der Waals surface area contributed by atoms with Gasteiger partial charge in [-0.05, 0) is 37.5 Å². The van der Waals surface area contributed by atoms with Crippen LogP contribution in [0.5, 0.6) is 0 Å². The zero-order valence-corrected chi connectivity index (χ0v) is 10.7. The van der Waals surface area contributed by atoms with Gasteiger partial charge in [0, 0.05) is 0 Å². The zero-order chi connectivity index (χ0) is 13.6. The molecule has 18 heavy (non-hydrogen) atoms. The van der Waals surface area contributed by atoms with Gasteiger partial charge in [-0.25, -0.2) is 17.5 Å². The van der Waals surface area contributed by atoms with Crippen LogP contribution < -0.4 is 10.5 Å². The van der Waals surface area contributed by atoms with E-state index in [1.807, 2.05) is 0 Å². The lowest BCUT2D eigenvalue weighted by atomic mass is 10.2. The summed E-state index contributed by atoms with van der Waals surface area (Å²) >= 11 is 0. The van der Waals surface area contributed by atoms with Crippen LogP contribution in [0.1, 0.15) is 18.4 Å². The predicted molar refractivity (Wildman–Crippen MR) is 64.9 cm³/mol. The number of nitrogens with one attached hydrogen (secondary N) is 1. The molecule has 4 N–H and O–H groups in total. The van der Waals surface area contributed by atoms with Gasteiger partial charge in [0.15, 0.2) is 0 Å². The van der Waals surface area contributed by atoms with Crippen molar-refractivity contribution in [1.82, 2.24) is 4.72 Å². The molecule has 1 aliphatic carbocycles. The number of hydrogen-bond acceptors (Lipinski definition) is 4. The van der Waals surface area contributed by atoms with Gasteiger partial charge in [0.2, 0.25) is 10.0 Å². The SMILES string of the molecule is Cc1cc(S(=O)(=O)NC2(CO)CC2)cc(N)c1F. The number of aryl methyl sites for hydroxylation is 1. The summed E-state index contributed by atoms with van der Waals surface area (Å²) in [6.45, 7) is 1.20. The molecule has 1 fully saturated rings. The molecule has 1 aliphatic rings. The summed E-state index contributed by atoms with van der Waals surface area (Å²) in [6.07, 6.45) is 1.19. The number of nitrogens with two attached hydrogens (primary N) is 1. The summed E-state index contributed by atoms with van der Waals surface area (Å²) in [4.78, 5) is -0.0846. The summed E-state index contributed by atoms with van der Waals surface area (Å²) in [5.41, 5.74) is 4.63. The molecular weight excluding hydrogens is 259 g/mol. The number of sulfonamides is 1. The Morgan fingerprint density at radius 2 is 2.11 bits per heavy atom. The van der Waals surface area contributed by atoms with Gasteiger partial charge >= 0.3 is 0 Å². The molecule has 1 aromatic carbocycles. The molecule has 1 saturated carbocycles. The molecule has 7 heteroatoms. The van der Waals surface area contributed by atoms with Crippen LogP contribution in [0.4, 0.5) is 10.1 Å². The largest absolute Gasteiger partial charge is 0.396 e. The van der Waals surface area contributed by atoms with Crippen molar-refractivity contribution in [1.29, 1.82) is 0 Å². The molecule has 0 radical (unpaired) electrons. The minimum atomic E-state index is -3.79. The van der Waals surface area contributed by atoms with Gasteiger partial charge in [-0.2, -0.15) is 0 Å². The number of benzene rings is 1. The number of aliphatic hydroxyl groups is 1. The van der Waals surface area contributed by atoms with Gasteiger partial charge in [-0.15, -0.1) is 0 Å². The molecular formula is C11H15FN2O3S. The first-order valence-electron chi connectivity index (χ1n) is 5.50. The molecule has 100 valence electrons. The Labute approximate surface area is 105 Å². The van der Waals surface area contributed by atoms with Gasteiger partial charge < -0.3 is 10.8 Å². The molecule has 0 unspecified atom stereocenters. The first-order valence-corrected chi connectivity index (χ1v) is 6.98. The maximum atomic E-state index is 13.3. The molecule has 0 bridgehead atoms. The number of aliphatic hydroxyl groups excluding tert-OH is 1. The Bertz CT molecular complexity index is 559. The van der Waals surface area contributed by atoms with Crippen LogP contribution in [0.2, 0.25) is 0 Å². The molecule has 1 aromatic rings.